The molecule has 4 heteroatoms. The highest BCUT2D eigenvalue weighted by Crippen LogP contribution is 2.29. The van der Waals surface area contributed by atoms with Gasteiger partial charge in [-0.25, -0.2) is 4.79 Å². The van der Waals surface area contributed by atoms with Crippen molar-refractivity contribution >= 4 is 17.3 Å². The van der Waals surface area contributed by atoms with E-state index >= 15 is 0 Å². The second-order valence-corrected chi connectivity index (χ2v) is 5.10. The maximum Gasteiger partial charge on any atom is 0.341 e. The monoisotopic (exact) mass is 272 g/mol. The number of hydrogen-bond acceptors (Lipinski definition) is 4. The normalized spacial score (nSPS) is 18.4. The van der Waals surface area contributed by atoms with Gasteiger partial charge in [0.25, 0.3) is 0 Å². The van der Waals surface area contributed by atoms with Crippen molar-refractivity contribution < 1.29 is 9.53 Å². The smallest absolute Gasteiger partial charge is 0.341 e. The number of rotatable bonds is 3. The van der Waals surface area contributed by atoms with Gasteiger partial charge in [0, 0.05) is 18.3 Å². The Bertz CT molecular complexity index is 534. The highest BCUT2D eigenvalue weighted by molar-refractivity contribution is 5.97. The van der Waals surface area contributed by atoms with Crippen LogP contribution in [0.5, 0.6) is 0 Å². The summed E-state index contributed by atoms with van der Waals surface area (Å²) in [4.78, 5) is 14.4. The SMILES string of the molecule is C#CCOC(=O)c1cc(N)ccc1N1CCCC[C@@H]1C. The van der Waals surface area contributed by atoms with Crippen molar-refractivity contribution in [2.75, 3.05) is 23.8 Å². The molecule has 0 radical (unpaired) electrons. The van der Waals surface area contributed by atoms with Gasteiger partial charge in [-0.3, -0.25) is 0 Å². The molecule has 4 nitrogen and oxygen atoms in total. The predicted molar refractivity (Wildman–Crippen MR) is 80.6 cm³/mol. The standard InChI is InChI=1S/C16H20N2O2/c1-3-10-20-16(19)14-11-13(17)7-8-15(14)18-9-5-4-6-12(18)2/h1,7-8,11-12H,4-6,9-10,17H2,2H3/t12-/m0/s1. The van der Waals surface area contributed by atoms with Crippen LogP contribution in [0.3, 0.4) is 0 Å². The number of piperidine rings is 1. The zero-order valence-corrected chi connectivity index (χ0v) is 11.8. The average molecular weight is 272 g/mol. The van der Waals surface area contributed by atoms with Gasteiger partial charge in [-0.2, -0.15) is 0 Å². The summed E-state index contributed by atoms with van der Waals surface area (Å²) in [6.07, 6.45) is 8.61. The summed E-state index contributed by atoms with van der Waals surface area (Å²) in [7, 11) is 0. The molecule has 0 bridgehead atoms. The van der Waals surface area contributed by atoms with Crippen LogP contribution < -0.4 is 10.6 Å². The molecule has 2 N–H and O–H groups in total. The molecule has 1 fully saturated rings. The Hall–Kier alpha value is -2.15. The minimum Gasteiger partial charge on any atom is -0.449 e. The van der Waals surface area contributed by atoms with Crippen LogP contribution in [0.1, 0.15) is 36.5 Å². The first-order valence-corrected chi connectivity index (χ1v) is 6.90. The number of benzene rings is 1. The van der Waals surface area contributed by atoms with Crippen LogP contribution in [0.15, 0.2) is 18.2 Å². The molecular formula is C16H20N2O2. The molecule has 1 atom stereocenters. The summed E-state index contributed by atoms with van der Waals surface area (Å²) in [6, 6.07) is 5.78. The first-order chi connectivity index (χ1) is 9.63. The van der Waals surface area contributed by atoms with Crippen LogP contribution in [0, 0.1) is 12.3 Å². The topological polar surface area (TPSA) is 55.6 Å². The van der Waals surface area contributed by atoms with Crippen molar-refractivity contribution in [1.82, 2.24) is 0 Å². The van der Waals surface area contributed by atoms with Gasteiger partial charge in [0.1, 0.15) is 0 Å². The highest BCUT2D eigenvalue weighted by Gasteiger charge is 2.24. The molecular weight excluding hydrogens is 252 g/mol. The minimum atomic E-state index is -0.414. The van der Waals surface area contributed by atoms with Crippen LogP contribution in [0.4, 0.5) is 11.4 Å². The lowest BCUT2D eigenvalue weighted by Crippen LogP contribution is -2.38. The van der Waals surface area contributed by atoms with Gasteiger partial charge < -0.3 is 15.4 Å². The first-order valence-electron chi connectivity index (χ1n) is 6.90. The number of terminal acetylenes is 1. The van der Waals surface area contributed by atoms with Crippen LogP contribution in [-0.2, 0) is 4.74 Å². The lowest BCUT2D eigenvalue weighted by molar-refractivity contribution is 0.0557. The Labute approximate surface area is 119 Å². The summed E-state index contributed by atoms with van der Waals surface area (Å²) in [5, 5.41) is 0. The number of esters is 1. The average Bonchev–Trinajstić information content (AvgIpc) is 2.45. The molecule has 0 aromatic heterocycles. The molecule has 1 aromatic carbocycles. The maximum absolute atomic E-state index is 12.1. The number of ether oxygens (including phenoxy) is 1. The summed E-state index contributed by atoms with van der Waals surface area (Å²) in [5.74, 6) is 1.89. The van der Waals surface area contributed by atoms with Gasteiger partial charge in [-0.1, -0.05) is 5.92 Å². The summed E-state index contributed by atoms with van der Waals surface area (Å²) in [6.45, 7) is 3.09. The zero-order valence-electron chi connectivity index (χ0n) is 11.8. The van der Waals surface area contributed by atoms with Crippen molar-refractivity contribution in [3.63, 3.8) is 0 Å². The molecule has 1 aliphatic heterocycles. The maximum atomic E-state index is 12.1. The van der Waals surface area contributed by atoms with E-state index in [-0.39, 0.29) is 6.61 Å². The van der Waals surface area contributed by atoms with E-state index in [0.717, 1.165) is 25.1 Å². The molecule has 20 heavy (non-hydrogen) atoms. The lowest BCUT2D eigenvalue weighted by atomic mass is 10.0. The van der Waals surface area contributed by atoms with E-state index in [1.165, 1.54) is 6.42 Å². The Kier molecular flexibility index (Phi) is 4.52. The third-order valence-corrected chi connectivity index (χ3v) is 3.64. The number of hydrogen-bond donors (Lipinski definition) is 1. The number of nitrogen functional groups attached to an aromatic ring is 1. The molecule has 0 saturated carbocycles. The summed E-state index contributed by atoms with van der Waals surface area (Å²) < 4.78 is 5.04. The second kappa shape index (κ2) is 6.33. The molecule has 0 aliphatic carbocycles. The van der Waals surface area contributed by atoms with Crippen molar-refractivity contribution in [2.45, 2.75) is 32.2 Å². The van der Waals surface area contributed by atoms with E-state index in [0.29, 0.717) is 17.3 Å². The molecule has 1 aromatic rings. The molecule has 0 unspecified atom stereocenters. The number of carbonyl (C=O) groups excluding carboxylic acids is 1. The highest BCUT2D eigenvalue weighted by atomic mass is 16.5. The van der Waals surface area contributed by atoms with Crippen LogP contribution in [0.2, 0.25) is 0 Å². The molecule has 0 amide bonds. The van der Waals surface area contributed by atoms with E-state index in [1.54, 1.807) is 6.07 Å². The Morgan fingerprint density at radius 2 is 2.35 bits per heavy atom. The van der Waals surface area contributed by atoms with Gasteiger partial charge >= 0.3 is 5.97 Å². The molecule has 1 aliphatic rings. The van der Waals surface area contributed by atoms with E-state index < -0.39 is 5.97 Å². The summed E-state index contributed by atoms with van der Waals surface area (Å²) in [5.41, 5.74) is 7.72. The van der Waals surface area contributed by atoms with Crippen molar-refractivity contribution in [3.05, 3.63) is 23.8 Å². The Morgan fingerprint density at radius 1 is 1.55 bits per heavy atom. The fourth-order valence-electron chi connectivity index (χ4n) is 2.61. The minimum absolute atomic E-state index is 0.0252. The van der Waals surface area contributed by atoms with Crippen molar-refractivity contribution in [3.8, 4) is 12.3 Å². The van der Waals surface area contributed by atoms with Gasteiger partial charge in [-0.05, 0) is 44.4 Å². The number of carbonyl (C=O) groups is 1. The van der Waals surface area contributed by atoms with E-state index in [2.05, 4.69) is 17.7 Å². The molecule has 1 heterocycles. The Balaban J connectivity index is 2.32. The van der Waals surface area contributed by atoms with Crippen molar-refractivity contribution in [1.29, 1.82) is 0 Å². The molecule has 2 rings (SSSR count). The fraction of sp³-hybridized carbons (Fsp3) is 0.438. The Morgan fingerprint density at radius 3 is 3.05 bits per heavy atom. The van der Waals surface area contributed by atoms with Crippen LogP contribution in [0.25, 0.3) is 0 Å². The summed E-state index contributed by atoms with van der Waals surface area (Å²) >= 11 is 0. The van der Waals surface area contributed by atoms with Crippen molar-refractivity contribution in [2.24, 2.45) is 0 Å². The van der Waals surface area contributed by atoms with Crippen LogP contribution in [-0.4, -0.2) is 25.2 Å². The molecule has 0 spiro atoms. The van der Waals surface area contributed by atoms with Crippen LogP contribution >= 0.6 is 0 Å². The zero-order chi connectivity index (χ0) is 14.5. The lowest BCUT2D eigenvalue weighted by Gasteiger charge is -2.36. The van der Waals surface area contributed by atoms with E-state index in [4.69, 9.17) is 16.9 Å². The van der Waals surface area contributed by atoms with E-state index in [9.17, 15) is 4.79 Å². The third-order valence-electron chi connectivity index (χ3n) is 3.64. The quantitative estimate of drug-likeness (QED) is 0.521. The first kappa shape index (κ1) is 14.3. The second-order valence-electron chi connectivity index (χ2n) is 5.10. The molecule has 1 saturated heterocycles. The van der Waals surface area contributed by atoms with Gasteiger partial charge in [0.15, 0.2) is 6.61 Å². The number of anilines is 2. The van der Waals surface area contributed by atoms with Gasteiger partial charge in [0.2, 0.25) is 0 Å². The van der Waals surface area contributed by atoms with Gasteiger partial charge in [-0.15, -0.1) is 6.42 Å². The predicted octanol–water partition coefficient (Wildman–Crippen LogP) is 2.44. The van der Waals surface area contributed by atoms with Gasteiger partial charge in [0.05, 0.1) is 11.3 Å². The largest absolute Gasteiger partial charge is 0.449 e. The molecule has 106 valence electrons. The van der Waals surface area contributed by atoms with E-state index in [1.807, 2.05) is 12.1 Å². The number of nitrogens with two attached hydrogens (primary N) is 1. The fourth-order valence-corrected chi connectivity index (χ4v) is 2.61. The number of nitrogens with zero attached hydrogens (tertiary/aromatic N) is 1. The third kappa shape index (κ3) is 3.05.